The van der Waals surface area contributed by atoms with Crippen molar-refractivity contribution in [2.24, 2.45) is 0 Å². The molecule has 0 amide bonds. The number of benzene rings is 1. The lowest BCUT2D eigenvalue weighted by atomic mass is 10.1. The molecule has 1 heterocycles. The monoisotopic (exact) mass is 257 g/mol. The number of nitriles is 1. The molecule has 2 aromatic rings. The van der Waals surface area contributed by atoms with Crippen LogP contribution in [0.2, 0.25) is 0 Å². The first-order chi connectivity index (χ1) is 9.19. The first kappa shape index (κ1) is 12.6. The van der Waals surface area contributed by atoms with E-state index in [2.05, 4.69) is 9.97 Å². The summed E-state index contributed by atoms with van der Waals surface area (Å²) in [6.45, 7) is 0. The van der Waals surface area contributed by atoms with Crippen molar-refractivity contribution in [3.05, 3.63) is 40.4 Å². The van der Waals surface area contributed by atoms with Gasteiger partial charge in [0.2, 0.25) is 5.69 Å². The summed E-state index contributed by atoms with van der Waals surface area (Å²) in [5, 5.41) is 8.80. The highest BCUT2D eigenvalue weighted by molar-refractivity contribution is 5.63. The van der Waals surface area contributed by atoms with Crippen molar-refractivity contribution in [1.29, 1.82) is 5.26 Å². The standard InChI is InChI=1S/C13H11N3O3/c1-18-11-4-3-8(5-12(11)19-2)10-7-15-13(17)9(6-14)16-10/h3-5,7H,1-2H3,(H,15,17). The fraction of sp³-hybridized carbons (Fsp3) is 0.154. The van der Waals surface area contributed by atoms with Crippen LogP contribution in [0, 0.1) is 11.3 Å². The minimum Gasteiger partial charge on any atom is -0.493 e. The van der Waals surface area contributed by atoms with Crippen LogP contribution in [0.4, 0.5) is 0 Å². The topological polar surface area (TPSA) is 88.0 Å². The summed E-state index contributed by atoms with van der Waals surface area (Å²) in [7, 11) is 3.08. The van der Waals surface area contributed by atoms with Gasteiger partial charge in [0.05, 0.1) is 19.9 Å². The third-order valence-corrected chi connectivity index (χ3v) is 2.57. The zero-order valence-corrected chi connectivity index (χ0v) is 10.4. The predicted octanol–water partition coefficient (Wildman–Crippen LogP) is 1.33. The molecule has 19 heavy (non-hydrogen) atoms. The Morgan fingerprint density at radius 3 is 2.63 bits per heavy atom. The van der Waals surface area contributed by atoms with E-state index in [1.165, 1.54) is 13.3 Å². The molecular formula is C13H11N3O3. The Morgan fingerprint density at radius 1 is 1.26 bits per heavy atom. The van der Waals surface area contributed by atoms with Crippen LogP contribution in [-0.2, 0) is 0 Å². The van der Waals surface area contributed by atoms with E-state index in [0.29, 0.717) is 22.8 Å². The van der Waals surface area contributed by atoms with E-state index in [1.54, 1.807) is 31.4 Å². The van der Waals surface area contributed by atoms with E-state index < -0.39 is 5.56 Å². The molecule has 0 spiro atoms. The summed E-state index contributed by atoms with van der Waals surface area (Å²) in [5.74, 6) is 1.14. The second kappa shape index (κ2) is 5.23. The fourth-order valence-electron chi connectivity index (χ4n) is 1.62. The quantitative estimate of drug-likeness (QED) is 0.896. The summed E-state index contributed by atoms with van der Waals surface area (Å²) in [4.78, 5) is 17.7. The van der Waals surface area contributed by atoms with Crippen molar-refractivity contribution < 1.29 is 9.47 Å². The van der Waals surface area contributed by atoms with Gasteiger partial charge in [0.1, 0.15) is 6.07 Å². The van der Waals surface area contributed by atoms with Gasteiger partial charge in [0, 0.05) is 11.8 Å². The average Bonchev–Trinajstić information content (AvgIpc) is 2.47. The molecule has 0 aliphatic rings. The zero-order chi connectivity index (χ0) is 13.8. The lowest BCUT2D eigenvalue weighted by molar-refractivity contribution is 0.355. The Labute approximate surface area is 109 Å². The van der Waals surface area contributed by atoms with E-state index in [1.807, 2.05) is 0 Å². The molecule has 1 aromatic heterocycles. The first-order valence-electron chi connectivity index (χ1n) is 5.42. The Morgan fingerprint density at radius 2 is 2.00 bits per heavy atom. The van der Waals surface area contributed by atoms with E-state index in [0.717, 1.165) is 0 Å². The number of rotatable bonds is 3. The molecule has 96 valence electrons. The van der Waals surface area contributed by atoms with Crippen molar-refractivity contribution in [2.75, 3.05) is 14.2 Å². The summed E-state index contributed by atoms with van der Waals surface area (Å²) in [6, 6.07) is 6.96. The first-order valence-corrected chi connectivity index (χ1v) is 5.42. The van der Waals surface area contributed by atoms with Crippen molar-refractivity contribution in [2.45, 2.75) is 0 Å². The maximum atomic E-state index is 11.3. The number of nitrogens with one attached hydrogen (secondary N) is 1. The van der Waals surface area contributed by atoms with Gasteiger partial charge in [-0.25, -0.2) is 4.98 Å². The molecule has 2 rings (SSSR count). The highest BCUT2D eigenvalue weighted by Crippen LogP contribution is 2.31. The van der Waals surface area contributed by atoms with Gasteiger partial charge >= 0.3 is 0 Å². The third-order valence-electron chi connectivity index (χ3n) is 2.57. The highest BCUT2D eigenvalue weighted by Gasteiger charge is 2.09. The maximum Gasteiger partial charge on any atom is 0.284 e. The number of hydrogen-bond donors (Lipinski definition) is 1. The Kier molecular flexibility index (Phi) is 3.48. The Hall–Kier alpha value is -2.81. The van der Waals surface area contributed by atoms with Crippen LogP contribution in [0.1, 0.15) is 5.69 Å². The minimum absolute atomic E-state index is 0.174. The molecule has 1 aromatic carbocycles. The Bertz CT molecular complexity index is 701. The second-order valence-electron chi connectivity index (χ2n) is 3.65. The van der Waals surface area contributed by atoms with Crippen LogP contribution in [0.5, 0.6) is 11.5 Å². The van der Waals surface area contributed by atoms with Crippen molar-refractivity contribution in [1.82, 2.24) is 9.97 Å². The Balaban J connectivity index is 2.54. The van der Waals surface area contributed by atoms with Crippen LogP contribution in [0.3, 0.4) is 0 Å². The largest absolute Gasteiger partial charge is 0.493 e. The van der Waals surface area contributed by atoms with Gasteiger partial charge in [-0.1, -0.05) is 0 Å². The molecule has 0 saturated carbocycles. The molecule has 0 bridgehead atoms. The van der Waals surface area contributed by atoms with Crippen LogP contribution in [0.15, 0.2) is 29.2 Å². The molecule has 0 radical (unpaired) electrons. The molecule has 0 saturated heterocycles. The van der Waals surface area contributed by atoms with Crippen molar-refractivity contribution in [3.63, 3.8) is 0 Å². The smallest absolute Gasteiger partial charge is 0.284 e. The van der Waals surface area contributed by atoms with Crippen LogP contribution >= 0.6 is 0 Å². The zero-order valence-electron chi connectivity index (χ0n) is 10.4. The summed E-state index contributed by atoms with van der Waals surface area (Å²) < 4.78 is 10.3. The molecule has 6 nitrogen and oxygen atoms in total. The molecule has 0 unspecified atom stereocenters. The maximum absolute atomic E-state index is 11.3. The molecule has 0 fully saturated rings. The number of methoxy groups -OCH3 is 2. The van der Waals surface area contributed by atoms with E-state index >= 15 is 0 Å². The van der Waals surface area contributed by atoms with Crippen molar-refractivity contribution in [3.8, 4) is 28.8 Å². The van der Waals surface area contributed by atoms with Crippen LogP contribution in [-0.4, -0.2) is 24.2 Å². The molecule has 1 N–H and O–H groups in total. The molecule has 0 aliphatic carbocycles. The van der Waals surface area contributed by atoms with Crippen molar-refractivity contribution >= 4 is 0 Å². The van der Waals surface area contributed by atoms with Gasteiger partial charge in [-0.2, -0.15) is 5.26 Å². The highest BCUT2D eigenvalue weighted by atomic mass is 16.5. The van der Waals surface area contributed by atoms with Gasteiger partial charge in [0.25, 0.3) is 5.56 Å². The SMILES string of the molecule is COc1ccc(-c2c[nH]c(=O)c(C#N)n2)cc1OC. The number of ether oxygens (including phenoxy) is 2. The normalized spacial score (nSPS) is 9.74. The molecule has 6 heteroatoms. The van der Waals surface area contributed by atoms with E-state index in [4.69, 9.17) is 14.7 Å². The van der Waals surface area contributed by atoms with Crippen LogP contribution < -0.4 is 15.0 Å². The van der Waals surface area contributed by atoms with E-state index in [-0.39, 0.29) is 5.69 Å². The summed E-state index contributed by atoms with van der Waals surface area (Å²) in [6.07, 6.45) is 1.45. The number of aromatic amines is 1. The second-order valence-corrected chi connectivity index (χ2v) is 3.65. The van der Waals surface area contributed by atoms with Gasteiger partial charge in [-0.15, -0.1) is 0 Å². The lowest BCUT2D eigenvalue weighted by Gasteiger charge is -2.09. The van der Waals surface area contributed by atoms with Gasteiger partial charge in [-0.3, -0.25) is 4.79 Å². The number of aromatic nitrogens is 2. The fourth-order valence-corrected chi connectivity index (χ4v) is 1.62. The lowest BCUT2D eigenvalue weighted by Crippen LogP contribution is -2.12. The molecule has 0 atom stereocenters. The molecule has 0 aliphatic heterocycles. The van der Waals surface area contributed by atoms with Gasteiger partial charge in [-0.05, 0) is 18.2 Å². The van der Waals surface area contributed by atoms with Gasteiger partial charge in [0.15, 0.2) is 11.5 Å². The van der Waals surface area contributed by atoms with E-state index in [9.17, 15) is 4.79 Å². The summed E-state index contributed by atoms with van der Waals surface area (Å²) in [5.41, 5.74) is 0.515. The average molecular weight is 257 g/mol. The third kappa shape index (κ3) is 2.40. The number of hydrogen-bond acceptors (Lipinski definition) is 5. The minimum atomic E-state index is -0.508. The summed E-state index contributed by atoms with van der Waals surface area (Å²) >= 11 is 0. The van der Waals surface area contributed by atoms with Gasteiger partial charge < -0.3 is 14.5 Å². The number of H-pyrrole nitrogens is 1. The molecular weight excluding hydrogens is 246 g/mol. The van der Waals surface area contributed by atoms with Crippen LogP contribution in [0.25, 0.3) is 11.3 Å². The number of nitrogens with zero attached hydrogens (tertiary/aromatic N) is 2. The predicted molar refractivity (Wildman–Crippen MR) is 68.1 cm³/mol.